The van der Waals surface area contributed by atoms with Crippen LogP contribution in [0, 0.1) is 5.41 Å². The second kappa shape index (κ2) is 4.30. The third-order valence-corrected chi connectivity index (χ3v) is 3.87. The van der Waals surface area contributed by atoms with E-state index in [0.717, 1.165) is 38.3 Å². The molecule has 2 fully saturated rings. The predicted octanol–water partition coefficient (Wildman–Crippen LogP) is 2.38. The Bertz CT molecular complexity index is 454. The molecule has 0 bridgehead atoms. The maximum absolute atomic E-state index is 12.1. The molecule has 2 aliphatic heterocycles. The second-order valence-electron chi connectivity index (χ2n) is 5.32. The Hall–Kier alpha value is -1.43. The minimum Gasteiger partial charge on any atom is -0.406 e. The van der Waals surface area contributed by atoms with Crippen molar-refractivity contribution in [2.24, 2.45) is 5.41 Å². The molecule has 0 radical (unpaired) electrons. The van der Waals surface area contributed by atoms with Gasteiger partial charge in [-0.3, -0.25) is 0 Å². The lowest BCUT2D eigenvalue weighted by molar-refractivity contribution is -0.274. The topological polar surface area (TPSA) is 24.5 Å². The van der Waals surface area contributed by atoms with Crippen LogP contribution in [0.5, 0.6) is 5.75 Å². The van der Waals surface area contributed by atoms with E-state index >= 15 is 0 Å². The van der Waals surface area contributed by atoms with Crippen LogP contribution in [0.2, 0.25) is 0 Å². The Labute approximate surface area is 109 Å². The van der Waals surface area contributed by atoms with E-state index < -0.39 is 6.36 Å². The normalized spacial score (nSPS) is 21.5. The van der Waals surface area contributed by atoms with Crippen LogP contribution in [0.15, 0.2) is 24.3 Å². The fourth-order valence-corrected chi connectivity index (χ4v) is 2.78. The number of hydrogen-bond donors (Lipinski definition) is 1. The molecule has 104 valence electrons. The molecule has 6 heteroatoms. The number of hydrogen-bond acceptors (Lipinski definition) is 3. The fourth-order valence-electron chi connectivity index (χ4n) is 2.78. The number of rotatable bonds is 2. The van der Waals surface area contributed by atoms with E-state index in [2.05, 4.69) is 15.0 Å². The van der Waals surface area contributed by atoms with Crippen LogP contribution in [-0.2, 0) is 0 Å². The van der Waals surface area contributed by atoms with Gasteiger partial charge < -0.3 is 15.0 Å². The summed E-state index contributed by atoms with van der Waals surface area (Å²) in [6.45, 7) is 4.01. The van der Waals surface area contributed by atoms with Crippen LogP contribution in [0.25, 0.3) is 0 Å². The molecule has 2 aliphatic rings. The molecule has 1 aromatic carbocycles. The van der Waals surface area contributed by atoms with Gasteiger partial charge in [0.05, 0.1) is 0 Å². The van der Waals surface area contributed by atoms with E-state index in [1.165, 1.54) is 12.1 Å². The van der Waals surface area contributed by atoms with Crippen molar-refractivity contribution in [3.05, 3.63) is 24.3 Å². The van der Waals surface area contributed by atoms with E-state index in [0.29, 0.717) is 5.41 Å². The zero-order chi connectivity index (χ0) is 13.5. The average molecular weight is 272 g/mol. The van der Waals surface area contributed by atoms with Gasteiger partial charge in [-0.2, -0.15) is 0 Å². The van der Waals surface area contributed by atoms with Crippen LogP contribution in [0.1, 0.15) is 6.42 Å². The van der Waals surface area contributed by atoms with E-state index in [4.69, 9.17) is 0 Å². The average Bonchev–Trinajstić information content (AvgIpc) is 2.72. The maximum atomic E-state index is 12.1. The lowest BCUT2D eigenvalue weighted by Gasteiger charge is -2.39. The SMILES string of the molecule is FC(F)(F)Oc1ccc(N2CCC3(CNC3)C2)cc1. The monoisotopic (exact) mass is 272 g/mol. The van der Waals surface area contributed by atoms with Gasteiger partial charge in [-0.1, -0.05) is 0 Å². The smallest absolute Gasteiger partial charge is 0.406 e. The van der Waals surface area contributed by atoms with Crippen LogP contribution in [0.4, 0.5) is 18.9 Å². The highest BCUT2D eigenvalue weighted by molar-refractivity contribution is 5.50. The van der Waals surface area contributed by atoms with Gasteiger partial charge in [-0.15, -0.1) is 13.2 Å². The third kappa shape index (κ3) is 2.63. The van der Waals surface area contributed by atoms with Gasteiger partial charge in [0, 0.05) is 37.3 Å². The molecule has 19 heavy (non-hydrogen) atoms. The molecule has 1 aromatic rings. The van der Waals surface area contributed by atoms with Gasteiger partial charge in [0.1, 0.15) is 5.75 Å². The summed E-state index contributed by atoms with van der Waals surface area (Å²) in [5.74, 6) is -0.171. The van der Waals surface area contributed by atoms with Crippen LogP contribution in [-0.4, -0.2) is 32.5 Å². The molecule has 3 nitrogen and oxygen atoms in total. The Morgan fingerprint density at radius 3 is 2.32 bits per heavy atom. The van der Waals surface area contributed by atoms with Crippen molar-refractivity contribution < 1.29 is 17.9 Å². The Kier molecular flexibility index (Phi) is 2.85. The number of ether oxygens (including phenoxy) is 1. The molecular weight excluding hydrogens is 257 g/mol. The van der Waals surface area contributed by atoms with E-state index in [9.17, 15) is 13.2 Å². The first kappa shape index (κ1) is 12.6. The van der Waals surface area contributed by atoms with Crippen LogP contribution < -0.4 is 15.0 Å². The first-order valence-corrected chi connectivity index (χ1v) is 6.27. The lowest BCUT2D eigenvalue weighted by Crippen LogP contribution is -2.54. The summed E-state index contributed by atoms with van der Waals surface area (Å²) < 4.78 is 40.0. The molecule has 0 unspecified atom stereocenters. The highest BCUT2D eigenvalue weighted by atomic mass is 19.4. The zero-order valence-electron chi connectivity index (χ0n) is 10.3. The summed E-state index contributed by atoms with van der Waals surface area (Å²) in [7, 11) is 0. The Morgan fingerprint density at radius 1 is 1.16 bits per heavy atom. The minimum atomic E-state index is -4.63. The molecule has 1 spiro atoms. The molecule has 0 aliphatic carbocycles. The molecule has 1 N–H and O–H groups in total. The van der Waals surface area contributed by atoms with Crippen molar-refractivity contribution in [2.45, 2.75) is 12.8 Å². The standard InChI is InChI=1S/C13H15F3N2O/c14-13(15,16)19-11-3-1-10(2-4-11)18-6-5-12(9-18)7-17-8-12/h1-4,17H,5-9H2. The highest BCUT2D eigenvalue weighted by Gasteiger charge is 2.42. The number of alkyl halides is 3. The number of nitrogens with zero attached hydrogens (tertiary/aromatic N) is 1. The summed E-state index contributed by atoms with van der Waals surface area (Å²) in [5, 5.41) is 3.28. The summed E-state index contributed by atoms with van der Waals surface area (Å²) in [6, 6.07) is 6.11. The highest BCUT2D eigenvalue weighted by Crippen LogP contribution is 2.37. The quantitative estimate of drug-likeness (QED) is 0.894. The first-order valence-electron chi connectivity index (χ1n) is 6.27. The molecule has 2 heterocycles. The molecule has 2 saturated heterocycles. The van der Waals surface area contributed by atoms with E-state index in [-0.39, 0.29) is 5.75 Å². The minimum absolute atomic E-state index is 0.171. The van der Waals surface area contributed by atoms with Crippen molar-refractivity contribution >= 4 is 5.69 Å². The first-order chi connectivity index (χ1) is 8.96. The largest absolute Gasteiger partial charge is 0.573 e. The van der Waals surface area contributed by atoms with Crippen LogP contribution >= 0.6 is 0 Å². The van der Waals surface area contributed by atoms with Crippen molar-refractivity contribution in [1.29, 1.82) is 0 Å². The van der Waals surface area contributed by atoms with Gasteiger partial charge in [0.25, 0.3) is 0 Å². The Morgan fingerprint density at radius 2 is 1.84 bits per heavy atom. The number of anilines is 1. The van der Waals surface area contributed by atoms with Crippen molar-refractivity contribution in [2.75, 3.05) is 31.1 Å². The van der Waals surface area contributed by atoms with Crippen LogP contribution in [0.3, 0.4) is 0 Å². The number of halogens is 3. The van der Waals surface area contributed by atoms with E-state index in [1.54, 1.807) is 12.1 Å². The fraction of sp³-hybridized carbons (Fsp3) is 0.538. The lowest BCUT2D eigenvalue weighted by atomic mass is 9.81. The summed E-state index contributed by atoms with van der Waals surface area (Å²) in [5.41, 5.74) is 1.33. The number of benzene rings is 1. The second-order valence-corrected chi connectivity index (χ2v) is 5.32. The maximum Gasteiger partial charge on any atom is 0.573 e. The van der Waals surface area contributed by atoms with Gasteiger partial charge in [-0.25, -0.2) is 0 Å². The summed E-state index contributed by atoms with van der Waals surface area (Å²) in [6.07, 6.45) is -3.49. The third-order valence-electron chi connectivity index (χ3n) is 3.87. The predicted molar refractivity (Wildman–Crippen MR) is 65.3 cm³/mol. The molecule has 0 amide bonds. The summed E-state index contributed by atoms with van der Waals surface area (Å²) >= 11 is 0. The molecule has 0 aromatic heterocycles. The van der Waals surface area contributed by atoms with Crippen molar-refractivity contribution in [1.82, 2.24) is 5.32 Å². The Balaban J connectivity index is 1.66. The molecular formula is C13H15F3N2O. The van der Waals surface area contributed by atoms with Gasteiger partial charge in [0.15, 0.2) is 0 Å². The summed E-state index contributed by atoms with van der Waals surface area (Å²) in [4.78, 5) is 2.22. The molecule has 0 atom stereocenters. The molecule has 0 saturated carbocycles. The van der Waals surface area contributed by atoms with Crippen molar-refractivity contribution in [3.8, 4) is 5.75 Å². The van der Waals surface area contributed by atoms with E-state index in [1.807, 2.05) is 0 Å². The van der Waals surface area contributed by atoms with Gasteiger partial charge in [0.2, 0.25) is 0 Å². The van der Waals surface area contributed by atoms with Crippen molar-refractivity contribution in [3.63, 3.8) is 0 Å². The van der Waals surface area contributed by atoms with Gasteiger partial charge in [-0.05, 0) is 30.7 Å². The van der Waals surface area contributed by atoms with Gasteiger partial charge >= 0.3 is 6.36 Å². The zero-order valence-corrected chi connectivity index (χ0v) is 10.3. The number of nitrogens with one attached hydrogen (secondary N) is 1. The molecule has 3 rings (SSSR count).